The van der Waals surface area contributed by atoms with E-state index in [9.17, 15) is 0 Å². The number of nitrogens with two attached hydrogens (primary N) is 1. The molecule has 0 bridgehead atoms. The predicted molar refractivity (Wildman–Crippen MR) is 66.0 cm³/mol. The maximum absolute atomic E-state index is 5.65. The number of nitrogens with zero attached hydrogens (tertiary/aromatic N) is 1. The SMILES string of the molecule is Cc1sc(CN)cc1CN1CC=CCC1. The second kappa shape index (κ2) is 4.92. The summed E-state index contributed by atoms with van der Waals surface area (Å²) >= 11 is 1.83. The van der Waals surface area contributed by atoms with E-state index in [0.29, 0.717) is 6.54 Å². The van der Waals surface area contributed by atoms with Crippen molar-refractivity contribution < 1.29 is 0 Å². The summed E-state index contributed by atoms with van der Waals surface area (Å²) in [4.78, 5) is 5.20. The zero-order valence-corrected chi connectivity index (χ0v) is 10.0. The lowest BCUT2D eigenvalue weighted by molar-refractivity contribution is 0.290. The predicted octanol–water partition coefficient (Wildman–Crippen LogP) is 2.28. The number of rotatable bonds is 3. The van der Waals surface area contributed by atoms with Crippen molar-refractivity contribution in [1.82, 2.24) is 4.90 Å². The molecule has 2 heterocycles. The van der Waals surface area contributed by atoms with Gasteiger partial charge in [-0.3, -0.25) is 4.90 Å². The molecular formula is C12H18N2S. The molecule has 0 unspecified atom stereocenters. The lowest BCUT2D eigenvalue weighted by Crippen LogP contribution is -2.26. The van der Waals surface area contributed by atoms with E-state index in [1.165, 1.54) is 28.3 Å². The minimum atomic E-state index is 0.672. The van der Waals surface area contributed by atoms with Gasteiger partial charge in [0.2, 0.25) is 0 Å². The summed E-state index contributed by atoms with van der Waals surface area (Å²) in [6.07, 6.45) is 5.71. The largest absolute Gasteiger partial charge is 0.326 e. The van der Waals surface area contributed by atoms with Gasteiger partial charge < -0.3 is 5.73 Å². The van der Waals surface area contributed by atoms with Crippen LogP contribution in [0.25, 0.3) is 0 Å². The average Bonchev–Trinajstić information content (AvgIpc) is 2.61. The third-order valence-electron chi connectivity index (χ3n) is 2.81. The van der Waals surface area contributed by atoms with Gasteiger partial charge in [0.05, 0.1) is 0 Å². The normalized spacial score (nSPS) is 17.2. The van der Waals surface area contributed by atoms with Gasteiger partial charge in [0.25, 0.3) is 0 Å². The summed E-state index contributed by atoms with van der Waals surface area (Å²) in [6.45, 7) is 6.22. The van der Waals surface area contributed by atoms with Gasteiger partial charge in [-0.15, -0.1) is 11.3 Å². The summed E-state index contributed by atoms with van der Waals surface area (Å²) in [6, 6.07) is 2.26. The molecule has 0 spiro atoms. The van der Waals surface area contributed by atoms with Crippen molar-refractivity contribution in [1.29, 1.82) is 0 Å². The van der Waals surface area contributed by atoms with Crippen molar-refractivity contribution in [3.63, 3.8) is 0 Å². The second-order valence-electron chi connectivity index (χ2n) is 3.99. The van der Waals surface area contributed by atoms with Gasteiger partial charge in [0, 0.05) is 35.9 Å². The molecular weight excluding hydrogens is 204 g/mol. The van der Waals surface area contributed by atoms with Crippen LogP contribution in [-0.2, 0) is 13.1 Å². The third-order valence-corrected chi connectivity index (χ3v) is 3.92. The van der Waals surface area contributed by atoms with Gasteiger partial charge >= 0.3 is 0 Å². The Hall–Kier alpha value is -0.640. The highest BCUT2D eigenvalue weighted by molar-refractivity contribution is 7.12. The van der Waals surface area contributed by atoms with E-state index >= 15 is 0 Å². The fraction of sp³-hybridized carbons (Fsp3) is 0.500. The van der Waals surface area contributed by atoms with Crippen LogP contribution >= 0.6 is 11.3 Å². The third kappa shape index (κ3) is 2.68. The molecule has 0 radical (unpaired) electrons. The minimum Gasteiger partial charge on any atom is -0.326 e. The van der Waals surface area contributed by atoms with Crippen molar-refractivity contribution in [3.05, 3.63) is 33.5 Å². The molecule has 0 saturated heterocycles. The van der Waals surface area contributed by atoms with Gasteiger partial charge in [-0.05, 0) is 25.0 Å². The molecule has 2 nitrogen and oxygen atoms in total. The molecule has 0 aromatic carbocycles. The Morgan fingerprint density at radius 1 is 1.47 bits per heavy atom. The summed E-state index contributed by atoms with van der Waals surface area (Å²) in [5.41, 5.74) is 7.11. The molecule has 1 aliphatic heterocycles. The molecule has 2 rings (SSSR count). The van der Waals surface area contributed by atoms with Crippen molar-refractivity contribution in [3.8, 4) is 0 Å². The Labute approximate surface area is 95.4 Å². The average molecular weight is 222 g/mol. The molecule has 0 aliphatic carbocycles. The van der Waals surface area contributed by atoms with Crippen molar-refractivity contribution in [2.75, 3.05) is 13.1 Å². The lowest BCUT2D eigenvalue weighted by atomic mass is 10.2. The maximum Gasteiger partial charge on any atom is 0.0274 e. The quantitative estimate of drug-likeness (QED) is 0.795. The number of hydrogen-bond acceptors (Lipinski definition) is 3. The topological polar surface area (TPSA) is 29.3 Å². The van der Waals surface area contributed by atoms with Crippen LogP contribution in [-0.4, -0.2) is 18.0 Å². The van der Waals surface area contributed by atoms with Gasteiger partial charge in [0.1, 0.15) is 0 Å². The van der Waals surface area contributed by atoms with Gasteiger partial charge in [-0.1, -0.05) is 12.2 Å². The first-order valence-electron chi connectivity index (χ1n) is 5.45. The summed E-state index contributed by atoms with van der Waals surface area (Å²) in [7, 11) is 0. The van der Waals surface area contributed by atoms with Crippen molar-refractivity contribution in [2.24, 2.45) is 5.73 Å². The number of aryl methyl sites for hydroxylation is 1. The van der Waals surface area contributed by atoms with Crippen molar-refractivity contribution >= 4 is 11.3 Å². The molecule has 0 fully saturated rings. The van der Waals surface area contributed by atoms with Gasteiger partial charge in [-0.25, -0.2) is 0 Å². The highest BCUT2D eigenvalue weighted by atomic mass is 32.1. The molecule has 0 saturated carbocycles. The fourth-order valence-electron chi connectivity index (χ4n) is 1.92. The molecule has 15 heavy (non-hydrogen) atoms. The first-order chi connectivity index (χ1) is 7.29. The summed E-state index contributed by atoms with van der Waals surface area (Å²) in [5, 5.41) is 0. The van der Waals surface area contributed by atoms with Gasteiger partial charge in [-0.2, -0.15) is 0 Å². The number of thiophene rings is 1. The summed E-state index contributed by atoms with van der Waals surface area (Å²) < 4.78 is 0. The Bertz CT molecular complexity index is 355. The minimum absolute atomic E-state index is 0.672. The highest BCUT2D eigenvalue weighted by Gasteiger charge is 2.10. The van der Waals surface area contributed by atoms with E-state index < -0.39 is 0 Å². The fourth-order valence-corrected chi connectivity index (χ4v) is 2.85. The Kier molecular flexibility index (Phi) is 3.57. The van der Waals surface area contributed by atoms with E-state index in [4.69, 9.17) is 5.73 Å². The van der Waals surface area contributed by atoms with Crippen LogP contribution in [0.5, 0.6) is 0 Å². The standard InChI is InChI=1S/C12H18N2S/c1-10-11(7-12(8-13)15-10)9-14-5-3-2-4-6-14/h2-3,7H,4-6,8-9,13H2,1H3. The monoisotopic (exact) mass is 222 g/mol. The van der Waals surface area contributed by atoms with E-state index in [1.807, 2.05) is 11.3 Å². The van der Waals surface area contributed by atoms with Crippen molar-refractivity contribution in [2.45, 2.75) is 26.4 Å². The number of hydrogen-bond donors (Lipinski definition) is 1. The van der Waals surface area contributed by atoms with Crippen LogP contribution < -0.4 is 5.73 Å². The lowest BCUT2D eigenvalue weighted by Gasteiger charge is -2.22. The van der Waals surface area contributed by atoms with Crippen LogP contribution in [0.4, 0.5) is 0 Å². The highest BCUT2D eigenvalue weighted by Crippen LogP contribution is 2.23. The molecule has 3 heteroatoms. The molecule has 1 aromatic heterocycles. The zero-order valence-electron chi connectivity index (χ0n) is 9.20. The molecule has 2 N–H and O–H groups in total. The Balaban J connectivity index is 2.03. The zero-order chi connectivity index (χ0) is 10.7. The van der Waals surface area contributed by atoms with E-state index in [-0.39, 0.29) is 0 Å². The van der Waals surface area contributed by atoms with Gasteiger partial charge in [0.15, 0.2) is 0 Å². The van der Waals surface area contributed by atoms with Crippen LogP contribution in [0.1, 0.15) is 21.7 Å². The Morgan fingerprint density at radius 2 is 2.33 bits per heavy atom. The van der Waals surface area contributed by atoms with Crippen LogP contribution in [0.2, 0.25) is 0 Å². The molecule has 82 valence electrons. The summed E-state index contributed by atoms with van der Waals surface area (Å²) in [5.74, 6) is 0. The Morgan fingerprint density at radius 3 is 2.93 bits per heavy atom. The molecule has 0 amide bonds. The molecule has 1 aliphatic rings. The van der Waals surface area contributed by atoms with E-state index in [1.54, 1.807) is 0 Å². The smallest absolute Gasteiger partial charge is 0.0274 e. The maximum atomic E-state index is 5.65. The van der Waals surface area contributed by atoms with Crippen LogP contribution in [0.15, 0.2) is 18.2 Å². The van der Waals surface area contributed by atoms with Crippen LogP contribution in [0.3, 0.4) is 0 Å². The van der Waals surface area contributed by atoms with Crippen LogP contribution in [0, 0.1) is 6.92 Å². The first kappa shape index (κ1) is 10.9. The van der Waals surface area contributed by atoms with E-state index in [2.05, 4.69) is 30.0 Å². The molecule has 1 aromatic rings. The first-order valence-corrected chi connectivity index (χ1v) is 6.27. The van der Waals surface area contributed by atoms with E-state index in [0.717, 1.165) is 13.1 Å². The second-order valence-corrected chi connectivity index (χ2v) is 5.33. The molecule has 0 atom stereocenters.